The van der Waals surface area contributed by atoms with Crippen molar-refractivity contribution in [1.29, 1.82) is 0 Å². The molecule has 2 amide bonds. The van der Waals surface area contributed by atoms with Crippen molar-refractivity contribution in [1.82, 2.24) is 9.80 Å². The summed E-state index contributed by atoms with van der Waals surface area (Å²) < 4.78 is 23.7. The van der Waals surface area contributed by atoms with Gasteiger partial charge < -0.3 is 9.80 Å². The van der Waals surface area contributed by atoms with Gasteiger partial charge in [-0.1, -0.05) is 30.3 Å². The Kier molecular flexibility index (Phi) is 5.03. The van der Waals surface area contributed by atoms with Crippen LogP contribution in [-0.2, 0) is 14.8 Å². The summed E-state index contributed by atoms with van der Waals surface area (Å²) in [5.41, 5.74) is 1.39. The minimum absolute atomic E-state index is 0.00209. The molecule has 142 valence electrons. The van der Waals surface area contributed by atoms with Gasteiger partial charge >= 0.3 is 0 Å². The van der Waals surface area contributed by atoms with E-state index in [2.05, 4.69) is 0 Å². The minimum atomic E-state index is -3.90. The van der Waals surface area contributed by atoms with E-state index < -0.39 is 16.1 Å². The number of nitrogens with zero attached hydrogens (tertiary/aromatic N) is 2. The van der Waals surface area contributed by atoms with Gasteiger partial charge in [-0.15, -0.1) is 0 Å². The molecule has 7 nitrogen and oxygen atoms in total. The van der Waals surface area contributed by atoms with Crippen LogP contribution in [0.15, 0.2) is 53.4 Å². The van der Waals surface area contributed by atoms with E-state index in [1.165, 1.54) is 11.0 Å². The zero-order valence-corrected chi connectivity index (χ0v) is 15.9. The van der Waals surface area contributed by atoms with Crippen LogP contribution in [0.1, 0.15) is 17.3 Å². The molecule has 1 saturated heterocycles. The number of carbonyl (C=O) groups excluding carboxylic acids is 2. The maximum absolute atomic E-state index is 12.9. The smallest absolute Gasteiger partial charge is 0.254 e. The number of nitrogens with two attached hydrogens (primary N) is 1. The SMILES string of the molecule is C[C@H]1C(=O)N(C)CCN1C(=O)c1cccc(-c2ccccc2S(N)(=O)=O)c1. The van der Waals surface area contributed by atoms with E-state index in [1.807, 2.05) is 0 Å². The number of amides is 2. The molecule has 0 aliphatic carbocycles. The molecule has 2 aromatic carbocycles. The number of primary sulfonamides is 1. The van der Waals surface area contributed by atoms with Crippen LogP contribution >= 0.6 is 0 Å². The first-order valence-electron chi connectivity index (χ1n) is 8.48. The number of sulfonamides is 1. The molecule has 3 rings (SSSR count). The Labute approximate surface area is 158 Å². The second-order valence-electron chi connectivity index (χ2n) is 6.56. The fourth-order valence-corrected chi connectivity index (χ4v) is 3.99. The van der Waals surface area contributed by atoms with Gasteiger partial charge in [0.25, 0.3) is 5.91 Å². The van der Waals surface area contributed by atoms with Gasteiger partial charge in [0, 0.05) is 31.3 Å². The summed E-state index contributed by atoms with van der Waals surface area (Å²) in [6.45, 7) is 2.62. The van der Waals surface area contributed by atoms with Crippen LogP contribution < -0.4 is 5.14 Å². The highest BCUT2D eigenvalue weighted by molar-refractivity contribution is 7.89. The van der Waals surface area contributed by atoms with Crippen molar-refractivity contribution in [3.8, 4) is 11.1 Å². The topological polar surface area (TPSA) is 101 Å². The lowest BCUT2D eigenvalue weighted by Crippen LogP contribution is -2.56. The Balaban J connectivity index is 1.98. The molecule has 0 aromatic heterocycles. The third-order valence-corrected chi connectivity index (χ3v) is 5.72. The molecule has 2 N–H and O–H groups in total. The van der Waals surface area contributed by atoms with Crippen LogP contribution in [0.4, 0.5) is 0 Å². The van der Waals surface area contributed by atoms with Crippen molar-refractivity contribution < 1.29 is 18.0 Å². The van der Waals surface area contributed by atoms with Gasteiger partial charge in [0.15, 0.2) is 0 Å². The Morgan fingerprint density at radius 3 is 2.52 bits per heavy atom. The zero-order chi connectivity index (χ0) is 19.8. The molecule has 2 aromatic rings. The van der Waals surface area contributed by atoms with Crippen LogP contribution in [0.3, 0.4) is 0 Å². The Morgan fingerprint density at radius 1 is 1.11 bits per heavy atom. The molecule has 1 atom stereocenters. The summed E-state index contributed by atoms with van der Waals surface area (Å²) in [6, 6.07) is 12.5. The lowest BCUT2D eigenvalue weighted by molar-refractivity contribution is -0.137. The number of carbonyl (C=O) groups is 2. The Hall–Kier alpha value is -2.71. The molecule has 0 saturated carbocycles. The molecule has 0 spiro atoms. The first-order chi connectivity index (χ1) is 12.7. The number of hydrogen-bond donors (Lipinski definition) is 1. The highest BCUT2D eigenvalue weighted by Gasteiger charge is 2.33. The van der Waals surface area contributed by atoms with Crippen molar-refractivity contribution in [2.45, 2.75) is 17.9 Å². The van der Waals surface area contributed by atoms with E-state index in [-0.39, 0.29) is 16.7 Å². The molecule has 1 aliphatic rings. The quantitative estimate of drug-likeness (QED) is 0.858. The molecule has 27 heavy (non-hydrogen) atoms. The Morgan fingerprint density at radius 2 is 1.81 bits per heavy atom. The lowest BCUT2D eigenvalue weighted by Gasteiger charge is -2.37. The van der Waals surface area contributed by atoms with Crippen molar-refractivity contribution in [3.63, 3.8) is 0 Å². The third-order valence-electron chi connectivity index (χ3n) is 4.75. The van der Waals surface area contributed by atoms with Gasteiger partial charge in [-0.05, 0) is 30.7 Å². The van der Waals surface area contributed by atoms with Gasteiger partial charge in [-0.25, -0.2) is 13.6 Å². The van der Waals surface area contributed by atoms with Gasteiger partial charge in [-0.2, -0.15) is 0 Å². The molecular formula is C19H21N3O4S. The molecular weight excluding hydrogens is 366 g/mol. The first kappa shape index (κ1) is 19.1. The summed E-state index contributed by atoms with van der Waals surface area (Å²) >= 11 is 0. The third kappa shape index (κ3) is 3.72. The molecule has 8 heteroatoms. The average Bonchev–Trinajstić information content (AvgIpc) is 2.65. The number of piperazine rings is 1. The molecule has 0 unspecified atom stereocenters. The second kappa shape index (κ2) is 7.13. The van der Waals surface area contributed by atoms with Crippen molar-refractivity contribution >= 4 is 21.8 Å². The predicted molar refractivity (Wildman–Crippen MR) is 101 cm³/mol. The molecule has 1 fully saturated rings. The fraction of sp³-hybridized carbons (Fsp3) is 0.263. The van der Waals surface area contributed by atoms with Gasteiger partial charge in [0.05, 0.1) is 4.90 Å². The Bertz CT molecular complexity index is 1000. The zero-order valence-electron chi connectivity index (χ0n) is 15.1. The summed E-state index contributed by atoms with van der Waals surface area (Å²) in [6.07, 6.45) is 0. The van der Waals surface area contributed by atoms with Gasteiger partial charge in [0.1, 0.15) is 6.04 Å². The number of hydrogen-bond acceptors (Lipinski definition) is 4. The second-order valence-corrected chi connectivity index (χ2v) is 8.09. The molecule has 1 heterocycles. The molecule has 0 radical (unpaired) electrons. The first-order valence-corrected chi connectivity index (χ1v) is 10.0. The van der Waals surface area contributed by atoms with Crippen LogP contribution in [-0.4, -0.2) is 56.2 Å². The van der Waals surface area contributed by atoms with Crippen LogP contribution in [0.5, 0.6) is 0 Å². The summed E-state index contributed by atoms with van der Waals surface area (Å²) in [5, 5.41) is 5.31. The average molecular weight is 387 g/mol. The van der Waals surface area contributed by atoms with E-state index in [1.54, 1.807) is 61.3 Å². The summed E-state index contributed by atoms with van der Waals surface area (Å²) in [4.78, 5) is 28.2. The molecule has 1 aliphatic heterocycles. The standard InChI is InChI=1S/C19H21N3O4S/c1-13-18(23)21(2)10-11-22(13)19(24)15-7-5-6-14(12-15)16-8-3-4-9-17(16)27(20,25)26/h3-9,12-13H,10-11H2,1-2H3,(H2,20,25,26)/t13-/m0/s1. The van der Waals surface area contributed by atoms with E-state index in [4.69, 9.17) is 5.14 Å². The van der Waals surface area contributed by atoms with Crippen LogP contribution in [0.2, 0.25) is 0 Å². The van der Waals surface area contributed by atoms with Gasteiger partial charge in [0.2, 0.25) is 15.9 Å². The highest BCUT2D eigenvalue weighted by Crippen LogP contribution is 2.28. The summed E-state index contributed by atoms with van der Waals surface area (Å²) in [7, 11) is -2.19. The highest BCUT2D eigenvalue weighted by atomic mass is 32.2. The van der Waals surface area contributed by atoms with E-state index >= 15 is 0 Å². The number of benzene rings is 2. The van der Waals surface area contributed by atoms with E-state index in [0.29, 0.717) is 29.8 Å². The fourth-order valence-electron chi connectivity index (χ4n) is 3.23. The number of rotatable bonds is 3. The normalized spacial score (nSPS) is 17.9. The maximum atomic E-state index is 12.9. The van der Waals surface area contributed by atoms with E-state index in [0.717, 1.165) is 0 Å². The van der Waals surface area contributed by atoms with Crippen molar-refractivity contribution in [2.75, 3.05) is 20.1 Å². The minimum Gasteiger partial charge on any atom is -0.342 e. The van der Waals surface area contributed by atoms with Crippen LogP contribution in [0, 0.1) is 0 Å². The molecule has 0 bridgehead atoms. The van der Waals surface area contributed by atoms with Gasteiger partial charge in [-0.3, -0.25) is 9.59 Å². The van der Waals surface area contributed by atoms with Crippen molar-refractivity contribution in [3.05, 3.63) is 54.1 Å². The summed E-state index contributed by atoms with van der Waals surface area (Å²) in [5.74, 6) is -0.371. The van der Waals surface area contributed by atoms with E-state index in [9.17, 15) is 18.0 Å². The van der Waals surface area contributed by atoms with Crippen molar-refractivity contribution in [2.24, 2.45) is 5.14 Å². The number of likely N-dealkylation sites (N-methyl/N-ethyl adjacent to an activating group) is 1. The predicted octanol–water partition coefficient (Wildman–Crippen LogP) is 1.30. The lowest BCUT2D eigenvalue weighted by atomic mass is 10.0. The largest absolute Gasteiger partial charge is 0.342 e. The van der Waals surface area contributed by atoms with Crippen LogP contribution in [0.25, 0.3) is 11.1 Å². The monoisotopic (exact) mass is 387 g/mol. The maximum Gasteiger partial charge on any atom is 0.254 e.